The molecule has 0 saturated heterocycles. The van der Waals surface area contributed by atoms with E-state index < -0.39 is 0 Å². The summed E-state index contributed by atoms with van der Waals surface area (Å²) in [5.74, 6) is 1.92. The zero-order valence-electron chi connectivity index (χ0n) is 17.1. The van der Waals surface area contributed by atoms with E-state index in [9.17, 15) is 4.79 Å². The first-order chi connectivity index (χ1) is 14.0. The maximum atomic E-state index is 12.7. The number of benzene rings is 3. The molecular formula is C24H25NO4. The summed E-state index contributed by atoms with van der Waals surface area (Å²) < 4.78 is 16.6. The smallest absolute Gasteiger partial charge is 0.255 e. The first-order valence-electron chi connectivity index (χ1n) is 9.32. The summed E-state index contributed by atoms with van der Waals surface area (Å²) in [6, 6.07) is 18.5. The second kappa shape index (κ2) is 9.15. The van der Waals surface area contributed by atoms with Gasteiger partial charge in [-0.25, -0.2) is 0 Å². The summed E-state index contributed by atoms with van der Waals surface area (Å²) in [5.41, 5.74) is 4.36. The van der Waals surface area contributed by atoms with Crippen molar-refractivity contribution in [2.45, 2.75) is 20.5 Å². The van der Waals surface area contributed by atoms with Gasteiger partial charge >= 0.3 is 0 Å². The monoisotopic (exact) mass is 391 g/mol. The van der Waals surface area contributed by atoms with E-state index in [1.165, 1.54) is 11.1 Å². The summed E-state index contributed by atoms with van der Waals surface area (Å²) in [7, 11) is 3.19. The van der Waals surface area contributed by atoms with E-state index in [2.05, 4.69) is 12.2 Å². The van der Waals surface area contributed by atoms with E-state index in [0.717, 1.165) is 11.3 Å². The SMILES string of the molecule is COc1cccc(NC(=O)c2ccc(OC)c(COc3ccc(C)c(C)c3)c2)c1. The van der Waals surface area contributed by atoms with Crippen molar-refractivity contribution >= 4 is 11.6 Å². The second-order valence-electron chi connectivity index (χ2n) is 6.75. The number of anilines is 1. The first kappa shape index (κ1) is 20.3. The van der Waals surface area contributed by atoms with Gasteiger partial charge in [-0.3, -0.25) is 4.79 Å². The summed E-state index contributed by atoms with van der Waals surface area (Å²) in [5, 5.41) is 2.88. The third kappa shape index (κ3) is 5.08. The van der Waals surface area contributed by atoms with E-state index in [1.807, 2.05) is 43.3 Å². The maximum absolute atomic E-state index is 12.7. The molecule has 0 aliphatic rings. The molecule has 0 fully saturated rings. The summed E-state index contributed by atoms with van der Waals surface area (Å²) in [6.45, 7) is 4.41. The van der Waals surface area contributed by atoms with Gasteiger partial charge in [0.15, 0.2) is 0 Å². The lowest BCUT2D eigenvalue weighted by Crippen LogP contribution is -2.13. The Morgan fingerprint density at radius 2 is 1.69 bits per heavy atom. The summed E-state index contributed by atoms with van der Waals surface area (Å²) in [4.78, 5) is 12.7. The number of carbonyl (C=O) groups excluding carboxylic acids is 1. The molecule has 3 aromatic rings. The number of aryl methyl sites for hydroxylation is 2. The van der Waals surface area contributed by atoms with Gasteiger partial charge < -0.3 is 19.5 Å². The van der Waals surface area contributed by atoms with Crippen LogP contribution >= 0.6 is 0 Å². The quantitative estimate of drug-likeness (QED) is 0.605. The van der Waals surface area contributed by atoms with Gasteiger partial charge in [-0.05, 0) is 67.4 Å². The van der Waals surface area contributed by atoms with Crippen molar-refractivity contribution in [1.29, 1.82) is 0 Å². The number of nitrogens with one attached hydrogen (secondary N) is 1. The third-order valence-corrected chi connectivity index (χ3v) is 4.74. The molecule has 5 heteroatoms. The number of carbonyl (C=O) groups is 1. The Hall–Kier alpha value is -3.47. The highest BCUT2D eigenvalue weighted by molar-refractivity contribution is 6.04. The fourth-order valence-corrected chi connectivity index (χ4v) is 2.90. The van der Waals surface area contributed by atoms with E-state index in [4.69, 9.17) is 14.2 Å². The van der Waals surface area contributed by atoms with Gasteiger partial charge in [-0.1, -0.05) is 12.1 Å². The molecule has 0 radical (unpaired) electrons. The molecule has 0 saturated carbocycles. The second-order valence-corrected chi connectivity index (χ2v) is 6.75. The molecule has 29 heavy (non-hydrogen) atoms. The van der Waals surface area contributed by atoms with Crippen LogP contribution in [-0.2, 0) is 6.61 Å². The highest BCUT2D eigenvalue weighted by Gasteiger charge is 2.12. The lowest BCUT2D eigenvalue weighted by atomic mass is 10.1. The minimum Gasteiger partial charge on any atom is -0.497 e. The molecule has 0 aromatic heterocycles. The molecule has 0 spiro atoms. The van der Waals surface area contributed by atoms with E-state index in [0.29, 0.717) is 29.4 Å². The Morgan fingerprint density at radius 1 is 0.862 bits per heavy atom. The molecule has 3 rings (SSSR count). The summed E-state index contributed by atoms with van der Waals surface area (Å²) >= 11 is 0. The van der Waals surface area contributed by atoms with Gasteiger partial charge in [-0.15, -0.1) is 0 Å². The van der Waals surface area contributed by atoms with Crippen LogP contribution in [0.1, 0.15) is 27.0 Å². The standard InChI is InChI=1S/C24H25NO4/c1-16-8-10-22(12-17(16)2)29-15-19-13-18(9-11-23(19)28-4)24(26)25-20-6-5-7-21(14-20)27-3/h5-14H,15H2,1-4H3,(H,25,26). The zero-order valence-corrected chi connectivity index (χ0v) is 17.1. The molecular weight excluding hydrogens is 366 g/mol. The summed E-state index contributed by atoms with van der Waals surface area (Å²) in [6.07, 6.45) is 0. The Kier molecular flexibility index (Phi) is 6.39. The molecule has 3 aromatic carbocycles. The highest BCUT2D eigenvalue weighted by Crippen LogP contribution is 2.24. The Bertz CT molecular complexity index is 1010. The number of ether oxygens (including phenoxy) is 3. The lowest BCUT2D eigenvalue weighted by molar-refractivity contribution is 0.102. The van der Waals surface area contributed by atoms with Crippen molar-refractivity contribution in [3.05, 3.63) is 82.9 Å². The minimum absolute atomic E-state index is 0.215. The van der Waals surface area contributed by atoms with Gasteiger partial charge in [0.25, 0.3) is 5.91 Å². The molecule has 1 amide bonds. The van der Waals surface area contributed by atoms with Crippen LogP contribution in [-0.4, -0.2) is 20.1 Å². The Balaban J connectivity index is 1.76. The number of hydrogen-bond donors (Lipinski definition) is 1. The topological polar surface area (TPSA) is 56.8 Å². The fourth-order valence-electron chi connectivity index (χ4n) is 2.90. The largest absolute Gasteiger partial charge is 0.497 e. The van der Waals surface area contributed by atoms with Crippen LogP contribution < -0.4 is 19.5 Å². The van der Waals surface area contributed by atoms with Gasteiger partial charge in [0.1, 0.15) is 23.9 Å². The van der Waals surface area contributed by atoms with E-state index in [-0.39, 0.29) is 5.91 Å². The number of amides is 1. The molecule has 150 valence electrons. The maximum Gasteiger partial charge on any atom is 0.255 e. The van der Waals surface area contributed by atoms with Crippen LogP contribution in [0.5, 0.6) is 17.2 Å². The highest BCUT2D eigenvalue weighted by atomic mass is 16.5. The van der Waals surface area contributed by atoms with Crippen LogP contribution in [0.4, 0.5) is 5.69 Å². The normalized spacial score (nSPS) is 10.3. The molecule has 0 heterocycles. The van der Waals surface area contributed by atoms with Crippen molar-refractivity contribution in [1.82, 2.24) is 0 Å². The van der Waals surface area contributed by atoms with E-state index in [1.54, 1.807) is 38.5 Å². The number of methoxy groups -OCH3 is 2. The predicted molar refractivity (Wildman–Crippen MR) is 114 cm³/mol. The molecule has 0 aliphatic carbocycles. The number of rotatable bonds is 7. The molecule has 0 atom stereocenters. The van der Waals surface area contributed by atoms with Gasteiger partial charge in [0.05, 0.1) is 14.2 Å². The zero-order chi connectivity index (χ0) is 20.8. The Morgan fingerprint density at radius 3 is 2.41 bits per heavy atom. The molecule has 0 bridgehead atoms. The lowest BCUT2D eigenvalue weighted by Gasteiger charge is -2.13. The molecule has 1 N–H and O–H groups in total. The van der Waals surface area contributed by atoms with Crippen LogP contribution in [0.25, 0.3) is 0 Å². The van der Waals surface area contributed by atoms with Crippen LogP contribution in [0, 0.1) is 13.8 Å². The average Bonchev–Trinajstić information content (AvgIpc) is 2.74. The average molecular weight is 391 g/mol. The van der Waals surface area contributed by atoms with Crippen molar-refractivity contribution < 1.29 is 19.0 Å². The van der Waals surface area contributed by atoms with Crippen LogP contribution in [0.3, 0.4) is 0 Å². The van der Waals surface area contributed by atoms with Crippen molar-refractivity contribution in [2.75, 3.05) is 19.5 Å². The van der Waals surface area contributed by atoms with Crippen molar-refractivity contribution in [2.24, 2.45) is 0 Å². The van der Waals surface area contributed by atoms with Crippen molar-refractivity contribution in [3.8, 4) is 17.2 Å². The van der Waals surface area contributed by atoms with E-state index >= 15 is 0 Å². The minimum atomic E-state index is -0.215. The van der Waals surface area contributed by atoms with Crippen molar-refractivity contribution in [3.63, 3.8) is 0 Å². The van der Waals surface area contributed by atoms with Crippen LogP contribution in [0.15, 0.2) is 60.7 Å². The number of hydrogen-bond acceptors (Lipinski definition) is 4. The third-order valence-electron chi connectivity index (χ3n) is 4.74. The molecule has 0 aliphatic heterocycles. The predicted octanol–water partition coefficient (Wildman–Crippen LogP) is 5.15. The Labute approximate surface area is 171 Å². The molecule has 5 nitrogen and oxygen atoms in total. The van der Waals surface area contributed by atoms with Gasteiger partial charge in [-0.2, -0.15) is 0 Å². The van der Waals surface area contributed by atoms with Gasteiger partial charge in [0.2, 0.25) is 0 Å². The van der Waals surface area contributed by atoms with Gasteiger partial charge in [0, 0.05) is 22.9 Å². The fraction of sp³-hybridized carbons (Fsp3) is 0.208. The molecule has 0 unspecified atom stereocenters. The first-order valence-corrected chi connectivity index (χ1v) is 9.32. The van der Waals surface area contributed by atoms with Crippen LogP contribution in [0.2, 0.25) is 0 Å².